The van der Waals surface area contributed by atoms with E-state index in [1.54, 1.807) is 7.05 Å². The quantitative estimate of drug-likeness (QED) is 0.392. The summed E-state index contributed by atoms with van der Waals surface area (Å²) in [6.07, 6.45) is 6.12. The van der Waals surface area contributed by atoms with E-state index < -0.39 is 11.7 Å². The number of hydrogen-bond acceptors (Lipinski definition) is 4. The lowest BCUT2D eigenvalue weighted by Gasteiger charge is -2.23. The lowest BCUT2D eigenvalue weighted by Crippen LogP contribution is -2.46. The van der Waals surface area contributed by atoms with Gasteiger partial charge in [-0.3, -0.25) is 15.1 Å². The molecule has 0 aromatic heterocycles. The molecular formula is C23H37N5O3. The number of aliphatic imine (C=N–C) groups is 1. The number of benzene rings is 1. The van der Waals surface area contributed by atoms with E-state index >= 15 is 0 Å². The number of carbonyl (C=O) groups is 2. The van der Waals surface area contributed by atoms with Crippen LogP contribution in [0.3, 0.4) is 0 Å². The summed E-state index contributed by atoms with van der Waals surface area (Å²) in [7, 11) is 1.69. The van der Waals surface area contributed by atoms with Crippen molar-refractivity contribution in [2.75, 3.05) is 25.5 Å². The molecule has 0 spiro atoms. The zero-order valence-electron chi connectivity index (χ0n) is 19.2. The first-order valence-corrected chi connectivity index (χ1v) is 11.1. The molecule has 172 valence electrons. The van der Waals surface area contributed by atoms with E-state index in [0.29, 0.717) is 24.2 Å². The van der Waals surface area contributed by atoms with Crippen LogP contribution in [0.2, 0.25) is 0 Å². The molecule has 1 fully saturated rings. The first-order chi connectivity index (χ1) is 14.7. The predicted octanol–water partition coefficient (Wildman–Crippen LogP) is 3.19. The van der Waals surface area contributed by atoms with E-state index in [0.717, 1.165) is 24.8 Å². The van der Waals surface area contributed by atoms with Gasteiger partial charge in [-0.2, -0.15) is 0 Å². The number of nitrogens with one attached hydrogen (secondary N) is 4. The summed E-state index contributed by atoms with van der Waals surface area (Å²) in [6, 6.07) is 7.93. The van der Waals surface area contributed by atoms with Crippen molar-refractivity contribution in [3.8, 4) is 0 Å². The van der Waals surface area contributed by atoms with Crippen LogP contribution in [0.5, 0.6) is 0 Å². The van der Waals surface area contributed by atoms with Crippen molar-refractivity contribution >= 4 is 23.6 Å². The van der Waals surface area contributed by atoms with Gasteiger partial charge in [0.25, 0.3) is 0 Å². The van der Waals surface area contributed by atoms with Crippen LogP contribution in [0, 0.1) is 0 Å². The molecule has 1 aliphatic rings. The maximum absolute atomic E-state index is 12.1. The largest absolute Gasteiger partial charge is 0.444 e. The Kier molecular flexibility index (Phi) is 9.62. The van der Waals surface area contributed by atoms with E-state index in [1.165, 1.54) is 19.3 Å². The second kappa shape index (κ2) is 12.2. The minimum atomic E-state index is -0.529. The fourth-order valence-electron chi connectivity index (χ4n) is 3.41. The third-order valence-corrected chi connectivity index (χ3v) is 4.92. The van der Waals surface area contributed by atoms with Crippen LogP contribution in [-0.4, -0.2) is 49.7 Å². The normalized spacial score (nSPS) is 15.2. The van der Waals surface area contributed by atoms with Crippen molar-refractivity contribution in [2.45, 2.75) is 70.9 Å². The van der Waals surface area contributed by atoms with Crippen molar-refractivity contribution < 1.29 is 14.3 Å². The molecule has 0 heterocycles. The van der Waals surface area contributed by atoms with Crippen LogP contribution in [0.25, 0.3) is 0 Å². The second-order valence-electron chi connectivity index (χ2n) is 8.83. The van der Waals surface area contributed by atoms with Gasteiger partial charge in [0.05, 0.1) is 6.54 Å². The molecular weight excluding hydrogens is 394 g/mol. The predicted molar refractivity (Wildman–Crippen MR) is 124 cm³/mol. The van der Waals surface area contributed by atoms with E-state index in [-0.39, 0.29) is 12.5 Å². The number of carbonyl (C=O) groups excluding carboxylic acids is 2. The molecule has 31 heavy (non-hydrogen) atoms. The van der Waals surface area contributed by atoms with Gasteiger partial charge in [-0.25, -0.2) is 4.79 Å². The standard InChI is InChI=1S/C23H37N5O3/c1-23(2,3)31-22(30)28-19-12-10-17(11-13-19)14-15-25-21(24-4)26-16-20(29)27-18-8-6-5-7-9-18/h10-13,18H,5-9,14-16H2,1-4H3,(H,27,29)(H,28,30)(H2,24,25,26). The summed E-state index contributed by atoms with van der Waals surface area (Å²) < 4.78 is 5.25. The van der Waals surface area contributed by atoms with Gasteiger partial charge in [-0.1, -0.05) is 31.4 Å². The van der Waals surface area contributed by atoms with Crippen LogP contribution < -0.4 is 21.3 Å². The summed E-state index contributed by atoms with van der Waals surface area (Å²) in [5.74, 6) is 0.602. The summed E-state index contributed by atoms with van der Waals surface area (Å²) in [4.78, 5) is 28.1. The highest BCUT2D eigenvalue weighted by atomic mass is 16.6. The van der Waals surface area contributed by atoms with Crippen molar-refractivity contribution in [1.82, 2.24) is 16.0 Å². The van der Waals surface area contributed by atoms with Gasteiger partial charge in [0.15, 0.2) is 5.96 Å². The molecule has 8 nitrogen and oxygen atoms in total. The third-order valence-electron chi connectivity index (χ3n) is 4.92. The zero-order valence-corrected chi connectivity index (χ0v) is 19.2. The molecule has 8 heteroatoms. The molecule has 1 saturated carbocycles. The molecule has 0 unspecified atom stereocenters. The Morgan fingerprint density at radius 2 is 1.74 bits per heavy atom. The van der Waals surface area contributed by atoms with Gasteiger partial charge in [-0.05, 0) is 57.7 Å². The van der Waals surface area contributed by atoms with Gasteiger partial charge in [0.1, 0.15) is 5.60 Å². The Bertz CT molecular complexity index is 735. The van der Waals surface area contributed by atoms with Crippen LogP contribution in [0.1, 0.15) is 58.4 Å². The molecule has 0 aliphatic heterocycles. The molecule has 0 saturated heterocycles. The Balaban J connectivity index is 1.67. The van der Waals surface area contributed by atoms with Crippen LogP contribution in [0.4, 0.5) is 10.5 Å². The maximum Gasteiger partial charge on any atom is 0.412 e. The maximum atomic E-state index is 12.1. The molecule has 0 radical (unpaired) electrons. The fourth-order valence-corrected chi connectivity index (χ4v) is 3.41. The molecule has 0 atom stereocenters. The number of anilines is 1. The van der Waals surface area contributed by atoms with E-state index in [1.807, 2.05) is 45.0 Å². The van der Waals surface area contributed by atoms with Crippen LogP contribution in [0.15, 0.2) is 29.3 Å². The molecule has 0 bridgehead atoms. The van der Waals surface area contributed by atoms with Crippen LogP contribution >= 0.6 is 0 Å². The highest BCUT2D eigenvalue weighted by Crippen LogP contribution is 2.17. The minimum absolute atomic E-state index is 0.00271. The van der Waals surface area contributed by atoms with E-state index in [4.69, 9.17) is 4.74 Å². The molecule has 2 rings (SSSR count). The first-order valence-electron chi connectivity index (χ1n) is 11.1. The molecule has 1 aliphatic carbocycles. The molecule has 4 N–H and O–H groups in total. The van der Waals surface area contributed by atoms with Crippen molar-refractivity contribution in [2.24, 2.45) is 4.99 Å². The third kappa shape index (κ3) is 10.2. The molecule has 2 amide bonds. The highest BCUT2D eigenvalue weighted by molar-refractivity contribution is 5.86. The minimum Gasteiger partial charge on any atom is -0.444 e. The zero-order chi connectivity index (χ0) is 22.7. The highest BCUT2D eigenvalue weighted by Gasteiger charge is 2.16. The lowest BCUT2D eigenvalue weighted by atomic mass is 9.95. The van der Waals surface area contributed by atoms with Gasteiger partial charge in [-0.15, -0.1) is 0 Å². The topological polar surface area (TPSA) is 104 Å². The first kappa shape index (κ1) is 24.5. The smallest absolute Gasteiger partial charge is 0.412 e. The Hall–Kier alpha value is -2.77. The Labute approximate surface area is 185 Å². The van der Waals surface area contributed by atoms with Crippen LogP contribution in [-0.2, 0) is 16.0 Å². The molecule has 1 aromatic rings. The van der Waals surface area contributed by atoms with Gasteiger partial charge < -0.3 is 20.7 Å². The summed E-state index contributed by atoms with van der Waals surface area (Å²) in [5.41, 5.74) is 1.28. The van der Waals surface area contributed by atoms with Crippen molar-refractivity contribution in [3.63, 3.8) is 0 Å². The summed E-state index contributed by atoms with van der Waals surface area (Å²) >= 11 is 0. The summed E-state index contributed by atoms with van der Waals surface area (Å²) in [5, 5.41) is 12.1. The average Bonchev–Trinajstić information content (AvgIpc) is 2.71. The lowest BCUT2D eigenvalue weighted by molar-refractivity contribution is -0.120. The number of ether oxygens (including phenoxy) is 1. The monoisotopic (exact) mass is 431 g/mol. The number of guanidine groups is 1. The number of nitrogens with zero attached hydrogens (tertiary/aromatic N) is 1. The average molecular weight is 432 g/mol. The number of amides is 2. The fraction of sp³-hybridized carbons (Fsp3) is 0.609. The van der Waals surface area contributed by atoms with E-state index in [2.05, 4.69) is 26.3 Å². The number of hydrogen-bond donors (Lipinski definition) is 4. The van der Waals surface area contributed by atoms with Crippen molar-refractivity contribution in [1.29, 1.82) is 0 Å². The number of rotatable bonds is 7. The summed E-state index contributed by atoms with van der Waals surface area (Å²) in [6.45, 7) is 6.36. The van der Waals surface area contributed by atoms with Gasteiger partial charge >= 0.3 is 6.09 Å². The SMILES string of the molecule is CN=C(NCCc1ccc(NC(=O)OC(C)(C)C)cc1)NCC(=O)NC1CCCCC1. The second-order valence-corrected chi connectivity index (χ2v) is 8.83. The Morgan fingerprint density at radius 3 is 2.35 bits per heavy atom. The van der Waals surface area contributed by atoms with Crippen molar-refractivity contribution in [3.05, 3.63) is 29.8 Å². The van der Waals surface area contributed by atoms with E-state index in [9.17, 15) is 9.59 Å². The van der Waals surface area contributed by atoms with Gasteiger partial charge in [0, 0.05) is 25.3 Å². The Morgan fingerprint density at radius 1 is 1.06 bits per heavy atom. The molecule has 1 aromatic carbocycles. The van der Waals surface area contributed by atoms with Gasteiger partial charge in [0.2, 0.25) is 5.91 Å².